The van der Waals surface area contributed by atoms with E-state index in [4.69, 9.17) is 0 Å². The minimum atomic E-state index is -0.0272. The highest BCUT2D eigenvalue weighted by Gasteiger charge is 2.24. The van der Waals surface area contributed by atoms with Crippen LogP contribution in [0.4, 0.5) is 5.69 Å². The number of hydrogen-bond donors (Lipinski definition) is 2. The highest BCUT2D eigenvalue weighted by atomic mass is 16.2. The molecule has 1 aliphatic carbocycles. The molecule has 1 saturated heterocycles. The first-order chi connectivity index (χ1) is 12.1. The Balaban J connectivity index is 1.57. The van der Waals surface area contributed by atoms with Crippen LogP contribution in [-0.2, 0) is 4.79 Å². The second kappa shape index (κ2) is 8.37. The smallest absolute Gasteiger partial charge is 0.251 e. The number of rotatable bonds is 5. The third-order valence-electron chi connectivity index (χ3n) is 5.05. The molecular weight excluding hydrogens is 314 g/mol. The summed E-state index contributed by atoms with van der Waals surface area (Å²) in [5.41, 5.74) is 2.56. The summed E-state index contributed by atoms with van der Waals surface area (Å²) < 4.78 is 0. The lowest BCUT2D eigenvalue weighted by Crippen LogP contribution is -2.37. The van der Waals surface area contributed by atoms with E-state index < -0.39 is 0 Å². The molecule has 0 unspecified atom stereocenters. The van der Waals surface area contributed by atoms with Gasteiger partial charge in [0.15, 0.2) is 0 Å². The molecule has 0 aromatic heterocycles. The van der Waals surface area contributed by atoms with Crippen LogP contribution in [0.3, 0.4) is 0 Å². The average Bonchev–Trinajstić information content (AvgIpc) is 3.37. The molecule has 2 amide bonds. The zero-order valence-electron chi connectivity index (χ0n) is 15.1. The maximum absolute atomic E-state index is 12.5. The van der Waals surface area contributed by atoms with Crippen LogP contribution < -0.4 is 10.6 Å². The van der Waals surface area contributed by atoms with E-state index in [2.05, 4.69) is 10.6 Å². The van der Waals surface area contributed by atoms with E-state index in [1.54, 1.807) is 0 Å². The van der Waals surface area contributed by atoms with Crippen molar-refractivity contribution < 1.29 is 9.59 Å². The Kier molecular flexibility index (Phi) is 5.95. The zero-order chi connectivity index (χ0) is 17.6. The van der Waals surface area contributed by atoms with Gasteiger partial charge in [0.05, 0.1) is 6.54 Å². The molecule has 1 aromatic carbocycles. The van der Waals surface area contributed by atoms with Crippen LogP contribution in [0.5, 0.6) is 0 Å². The van der Waals surface area contributed by atoms with Crippen LogP contribution in [0.15, 0.2) is 18.2 Å². The molecular formula is C20H29N3O2. The van der Waals surface area contributed by atoms with E-state index in [0.717, 1.165) is 50.0 Å². The molecule has 0 radical (unpaired) electrons. The molecule has 2 aliphatic rings. The lowest BCUT2D eigenvalue weighted by molar-refractivity contribution is -0.129. The number of hydrogen-bond acceptors (Lipinski definition) is 3. The summed E-state index contributed by atoms with van der Waals surface area (Å²) in [5.74, 6) is 0.120. The molecule has 2 N–H and O–H groups in total. The maximum Gasteiger partial charge on any atom is 0.251 e. The second-order valence-electron chi connectivity index (χ2n) is 7.28. The fourth-order valence-corrected chi connectivity index (χ4v) is 3.23. The summed E-state index contributed by atoms with van der Waals surface area (Å²) in [6, 6.07) is 5.98. The van der Waals surface area contributed by atoms with Crippen LogP contribution in [0.1, 0.15) is 60.9 Å². The first kappa shape index (κ1) is 17.8. The summed E-state index contributed by atoms with van der Waals surface area (Å²) in [4.78, 5) is 26.7. The normalized spacial score (nSPS) is 18.2. The van der Waals surface area contributed by atoms with Crippen molar-refractivity contribution in [3.63, 3.8) is 0 Å². The maximum atomic E-state index is 12.5. The number of likely N-dealkylation sites (tertiary alicyclic amines) is 1. The van der Waals surface area contributed by atoms with Gasteiger partial charge in [0.25, 0.3) is 5.91 Å². The lowest BCUT2D eigenvalue weighted by Gasteiger charge is -2.25. The SMILES string of the molecule is Cc1ccc(C(=O)NC2CC2)cc1NCC(=O)N1CCCCCCC1. The second-order valence-corrected chi connectivity index (χ2v) is 7.28. The molecule has 136 valence electrons. The minimum Gasteiger partial charge on any atom is -0.376 e. The predicted octanol–water partition coefficient (Wildman–Crippen LogP) is 3.09. The molecule has 1 aromatic rings. The molecule has 0 atom stereocenters. The fraction of sp³-hybridized carbons (Fsp3) is 0.600. The number of nitrogens with zero attached hydrogens (tertiary/aromatic N) is 1. The first-order valence-electron chi connectivity index (χ1n) is 9.56. The number of aryl methyl sites for hydroxylation is 1. The van der Waals surface area contributed by atoms with Crippen molar-refractivity contribution in [1.29, 1.82) is 0 Å². The quantitative estimate of drug-likeness (QED) is 0.864. The number of anilines is 1. The summed E-state index contributed by atoms with van der Waals surface area (Å²) in [6.07, 6.45) is 8.07. The van der Waals surface area contributed by atoms with Crippen molar-refractivity contribution in [3.8, 4) is 0 Å². The Labute approximate surface area is 150 Å². The summed E-state index contributed by atoms with van der Waals surface area (Å²) in [7, 11) is 0. The standard InChI is InChI=1S/C20H29N3O2/c1-15-7-8-16(20(25)22-17-9-10-17)13-18(15)21-14-19(24)23-11-5-3-2-4-6-12-23/h7-8,13,17,21H,2-6,9-12,14H2,1H3,(H,22,25). The van der Waals surface area contributed by atoms with Gasteiger partial charge in [-0.3, -0.25) is 9.59 Å². The molecule has 5 nitrogen and oxygen atoms in total. The van der Waals surface area contributed by atoms with Crippen LogP contribution in [0, 0.1) is 6.92 Å². The van der Waals surface area contributed by atoms with Gasteiger partial charge in [-0.1, -0.05) is 25.3 Å². The van der Waals surface area contributed by atoms with Crippen molar-refractivity contribution in [2.45, 2.75) is 57.9 Å². The van der Waals surface area contributed by atoms with Gasteiger partial charge in [-0.2, -0.15) is 0 Å². The molecule has 2 fully saturated rings. The number of carbonyl (C=O) groups excluding carboxylic acids is 2. The van der Waals surface area contributed by atoms with Gasteiger partial charge >= 0.3 is 0 Å². The Bertz CT molecular complexity index is 617. The highest BCUT2D eigenvalue weighted by Crippen LogP contribution is 2.21. The third-order valence-corrected chi connectivity index (χ3v) is 5.05. The molecule has 0 spiro atoms. The van der Waals surface area contributed by atoms with E-state index in [-0.39, 0.29) is 18.4 Å². The molecule has 3 rings (SSSR count). The zero-order valence-corrected chi connectivity index (χ0v) is 15.1. The molecule has 1 saturated carbocycles. The number of amides is 2. The van der Waals surface area contributed by atoms with Crippen molar-refractivity contribution in [1.82, 2.24) is 10.2 Å². The fourth-order valence-electron chi connectivity index (χ4n) is 3.23. The molecule has 25 heavy (non-hydrogen) atoms. The average molecular weight is 343 g/mol. The largest absolute Gasteiger partial charge is 0.376 e. The van der Waals surface area contributed by atoms with Crippen LogP contribution in [0.25, 0.3) is 0 Å². The van der Waals surface area contributed by atoms with E-state index in [1.807, 2.05) is 30.0 Å². The Morgan fingerprint density at radius 2 is 1.76 bits per heavy atom. The number of nitrogens with one attached hydrogen (secondary N) is 2. The van der Waals surface area contributed by atoms with Crippen LogP contribution in [-0.4, -0.2) is 42.4 Å². The molecule has 5 heteroatoms. The highest BCUT2D eigenvalue weighted by molar-refractivity contribution is 5.96. The summed E-state index contributed by atoms with van der Waals surface area (Å²) in [6.45, 7) is 4.01. The van der Waals surface area contributed by atoms with Gasteiger partial charge < -0.3 is 15.5 Å². The Morgan fingerprint density at radius 1 is 1.08 bits per heavy atom. The van der Waals surface area contributed by atoms with Crippen molar-refractivity contribution in [3.05, 3.63) is 29.3 Å². The van der Waals surface area contributed by atoms with Crippen LogP contribution >= 0.6 is 0 Å². The van der Waals surface area contributed by atoms with Gasteiger partial charge in [0.2, 0.25) is 5.91 Å². The van der Waals surface area contributed by atoms with Crippen molar-refractivity contribution in [2.75, 3.05) is 25.0 Å². The van der Waals surface area contributed by atoms with E-state index in [1.165, 1.54) is 19.3 Å². The van der Waals surface area contributed by atoms with Crippen molar-refractivity contribution in [2.24, 2.45) is 0 Å². The van der Waals surface area contributed by atoms with E-state index in [9.17, 15) is 9.59 Å². The molecule has 0 bridgehead atoms. The molecule has 1 heterocycles. The minimum absolute atomic E-state index is 0.0272. The summed E-state index contributed by atoms with van der Waals surface area (Å²) in [5, 5.41) is 6.24. The molecule has 1 aliphatic heterocycles. The predicted molar refractivity (Wildman–Crippen MR) is 99.8 cm³/mol. The van der Waals surface area contributed by atoms with Gasteiger partial charge in [-0.25, -0.2) is 0 Å². The number of carbonyl (C=O) groups is 2. The first-order valence-corrected chi connectivity index (χ1v) is 9.56. The van der Waals surface area contributed by atoms with E-state index in [0.29, 0.717) is 11.6 Å². The third kappa shape index (κ3) is 5.21. The van der Waals surface area contributed by atoms with Gasteiger partial charge in [0.1, 0.15) is 0 Å². The van der Waals surface area contributed by atoms with Gasteiger partial charge in [-0.15, -0.1) is 0 Å². The van der Waals surface area contributed by atoms with Crippen molar-refractivity contribution >= 4 is 17.5 Å². The van der Waals surface area contributed by atoms with Crippen LogP contribution in [0.2, 0.25) is 0 Å². The topological polar surface area (TPSA) is 61.4 Å². The van der Waals surface area contributed by atoms with Gasteiger partial charge in [-0.05, 0) is 50.3 Å². The van der Waals surface area contributed by atoms with E-state index >= 15 is 0 Å². The van der Waals surface area contributed by atoms with Gasteiger partial charge in [0, 0.05) is 30.4 Å². The lowest BCUT2D eigenvalue weighted by atomic mass is 10.1. The Hall–Kier alpha value is -2.04. The number of benzene rings is 1. The monoisotopic (exact) mass is 343 g/mol. The Morgan fingerprint density at radius 3 is 2.44 bits per heavy atom. The summed E-state index contributed by atoms with van der Waals surface area (Å²) >= 11 is 0.